The van der Waals surface area contributed by atoms with Crippen molar-refractivity contribution in [3.8, 4) is 5.75 Å². The van der Waals surface area contributed by atoms with Crippen molar-refractivity contribution >= 4 is 19.0 Å². The highest BCUT2D eigenvalue weighted by Crippen LogP contribution is 2.30. The van der Waals surface area contributed by atoms with Crippen LogP contribution >= 0.6 is 0 Å². The first-order valence-corrected chi connectivity index (χ1v) is 6.74. The minimum absolute atomic E-state index is 0.0278. The van der Waals surface area contributed by atoms with E-state index >= 15 is 0 Å². The molecule has 3 N–H and O–H groups in total. The SMILES string of the molecule is O=C(Cn1cnnn1)N[C@H]1Cc2cccc(C(=O)O)c2OB1O. The number of rotatable bonds is 4. The average molecular weight is 317 g/mol. The van der Waals surface area contributed by atoms with Gasteiger partial charge in [0.05, 0.1) is 11.5 Å². The molecule has 23 heavy (non-hydrogen) atoms. The van der Waals surface area contributed by atoms with Gasteiger partial charge in [0.2, 0.25) is 5.91 Å². The van der Waals surface area contributed by atoms with Gasteiger partial charge in [0, 0.05) is 0 Å². The van der Waals surface area contributed by atoms with Gasteiger partial charge in [-0.3, -0.25) is 4.79 Å². The molecule has 0 fully saturated rings. The second-order valence-electron chi connectivity index (χ2n) is 4.99. The monoisotopic (exact) mass is 317 g/mol. The first kappa shape index (κ1) is 15.0. The van der Waals surface area contributed by atoms with Crippen LogP contribution in [-0.4, -0.2) is 55.3 Å². The van der Waals surface area contributed by atoms with Crippen molar-refractivity contribution in [1.29, 1.82) is 0 Å². The third kappa shape index (κ3) is 3.13. The molecule has 1 aromatic carbocycles. The summed E-state index contributed by atoms with van der Waals surface area (Å²) < 4.78 is 6.52. The van der Waals surface area contributed by atoms with E-state index in [4.69, 9.17) is 9.76 Å². The number of carbonyl (C=O) groups excluding carboxylic acids is 1. The maximum absolute atomic E-state index is 11.9. The molecule has 1 atom stereocenters. The molecule has 0 unspecified atom stereocenters. The molecular weight excluding hydrogens is 305 g/mol. The van der Waals surface area contributed by atoms with Crippen LogP contribution in [0.15, 0.2) is 24.5 Å². The molecule has 0 spiro atoms. The number of nitrogens with zero attached hydrogens (tertiary/aromatic N) is 4. The smallest absolute Gasteiger partial charge is 0.534 e. The van der Waals surface area contributed by atoms with Crippen LogP contribution in [-0.2, 0) is 17.8 Å². The normalized spacial score (nSPS) is 16.4. The van der Waals surface area contributed by atoms with Gasteiger partial charge >= 0.3 is 13.1 Å². The number of aromatic carboxylic acids is 1. The molecule has 2 heterocycles. The minimum Gasteiger partial charge on any atom is -0.534 e. The van der Waals surface area contributed by atoms with Crippen LogP contribution in [0.1, 0.15) is 15.9 Å². The summed E-state index contributed by atoms with van der Waals surface area (Å²) in [6.07, 6.45) is 1.54. The summed E-state index contributed by atoms with van der Waals surface area (Å²) in [4.78, 5) is 23.1. The van der Waals surface area contributed by atoms with Crippen LogP contribution in [0.2, 0.25) is 0 Å². The largest absolute Gasteiger partial charge is 0.547 e. The molecule has 10 nitrogen and oxygen atoms in total. The van der Waals surface area contributed by atoms with E-state index in [2.05, 4.69) is 20.8 Å². The van der Waals surface area contributed by atoms with Gasteiger partial charge in [-0.05, 0) is 28.5 Å². The zero-order chi connectivity index (χ0) is 16.4. The molecule has 2 aromatic rings. The number of carboxylic acids is 1. The lowest BCUT2D eigenvalue weighted by atomic mass is 9.72. The zero-order valence-corrected chi connectivity index (χ0v) is 11.8. The van der Waals surface area contributed by atoms with Gasteiger partial charge in [-0.25, -0.2) is 9.48 Å². The Balaban J connectivity index is 1.72. The van der Waals surface area contributed by atoms with Crippen LogP contribution in [0.5, 0.6) is 5.75 Å². The molecule has 11 heteroatoms. The maximum Gasteiger partial charge on any atom is 0.547 e. The summed E-state index contributed by atoms with van der Waals surface area (Å²) in [5.74, 6) is -2.12. The van der Waals surface area contributed by atoms with Crippen molar-refractivity contribution in [2.24, 2.45) is 0 Å². The molecule has 0 bridgehead atoms. The summed E-state index contributed by atoms with van der Waals surface area (Å²) in [7, 11) is -1.35. The Morgan fingerprint density at radius 2 is 2.30 bits per heavy atom. The number of carboxylic acid groups (broad SMARTS) is 1. The van der Waals surface area contributed by atoms with Gasteiger partial charge in [0.1, 0.15) is 18.6 Å². The van der Waals surface area contributed by atoms with Crippen molar-refractivity contribution in [2.75, 3.05) is 0 Å². The minimum atomic E-state index is -1.35. The van der Waals surface area contributed by atoms with Crippen molar-refractivity contribution in [2.45, 2.75) is 18.9 Å². The molecule has 1 amide bonds. The van der Waals surface area contributed by atoms with Crippen molar-refractivity contribution in [3.63, 3.8) is 0 Å². The summed E-state index contributed by atoms with van der Waals surface area (Å²) in [5, 5.41) is 32.2. The van der Waals surface area contributed by atoms with Crippen molar-refractivity contribution < 1.29 is 24.4 Å². The number of tetrazole rings is 1. The van der Waals surface area contributed by atoms with E-state index < -0.39 is 24.9 Å². The highest BCUT2D eigenvalue weighted by molar-refractivity contribution is 6.47. The van der Waals surface area contributed by atoms with E-state index in [0.29, 0.717) is 5.56 Å². The van der Waals surface area contributed by atoms with E-state index in [1.807, 2.05) is 0 Å². The summed E-state index contributed by atoms with van der Waals surface area (Å²) in [5.41, 5.74) is 0.572. The highest BCUT2D eigenvalue weighted by atomic mass is 16.5. The molecule has 0 radical (unpaired) electrons. The quantitative estimate of drug-likeness (QED) is 0.580. The van der Waals surface area contributed by atoms with E-state index in [0.717, 1.165) is 0 Å². The Morgan fingerprint density at radius 3 is 3.00 bits per heavy atom. The Morgan fingerprint density at radius 1 is 1.48 bits per heavy atom. The fourth-order valence-corrected chi connectivity index (χ4v) is 2.37. The van der Waals surface area contributed by atoms with Crippen LogP contribution in [0.4, 0.5) is 0 Å². The van der Waals surface area contributed by atoms with Crippen LogP contribution < -0.4 is 9.97 Å². The number of para-hydroxylation sites is 1. The number of carbonyl (C=O) groups is 2. The number of hydrogen-bond donors (Lipinski definition) is 3. The molecule has 1 aromatic heterocycles. The first-order chi connectivity index (χ1) is 11.0. The van der Waals surface area contributed by atoms with Gasteiger partial charge in [-0.2, -0.15) is 0 Å². The molecule has 0 saturated carbocycles. The number of aromatic nitrogens is 4. The Kier molecular flexibility index (Phi) is 3.93. The zero-order valence-electron chi connectivity index (χ0n) is 11.8. The molecule has 0 saturated heterocycles. The Labute approximate surface area is 130 Å². The average Bonchev–Trinajstić information content (AvgIpc) is 3.00. The summed E-state index contributed by atoms with van der Waals surface area (Å²) in [6, 6.07) is 4.67. The van der Waals surface area contributed by atoms with Gasteiger partial charge in [0.15, 0.2) is 0 Å². The number of fused-ring (bicyclic) bond motifs is 1. The van der Waals surface area contributed by atoms with Crippen LogP contribution in [0, 0.1) is 0 Å². The van der Waals surface area contributed by atoms with Crippen LogP contribution in [0.3, 0.4) is 0 Å². The third-order valence-corrected chi connectivity index (χ3v) is 3.39. The second kappa shape index (κ2) is 6.05. The topological polar surface area (TPSA) is 139 Å². The summed E-state index contributed by atoms with van der Waals surface area (Å²) in [6.45, 7) is -0.0990. The highest BCUT2D eigenvalue weighted by Gasteiger charge is 2.37. The lowest BCUT2D eigenvalue weighted by Gasteiger charge is -2.28. The first-order valence-electron chi connectivity index (χ1n) is 6.74. The van der Waals surface area contributed by atoms with Gasteiger partial charge in [-0.1, -0.05) is 12.1 Å². The number of amides is 1. The van der Waals surface area contributed by atoms with Crippen LogP contribution in [0.25, 0.3) is 0 Å². The Hall–Kier alpha value is -2.95. The van der Waals surface area contributed by atoms with Crippen molar-refractivity contribution in [1.82, 2.24) is 25.5 Å². The van der Waals surface area contributed by atoms with Gasteiger partial charge in [-0.15, -0.1) is 5.10 Å². The van der Waals surface area contributed by atoms with Gasteiger partial charge in [0.25, 0.3) is 0 Å². The molecule has 0 aliphatic carbocycles. The predicted molar refractivity (Wildman–Crippen MR) is 75.5 cm³/mol. The van der Waals surface area contributed by atoms with E-state index in [-0.39, 0.29) is 24.3 Å². The molecule has 118 valence electrons. The predicted octanol–water partition coefficient (Wildman–Crippen LogP) is -1.49. The van der Waals surface area contributed by atoms with E-state index in [1.165, 1.54) is 17.1 Å². The molecule has 1 aliphatic rings. The fraction of sp³-hybridized carbons (Fsp3) is 0.250. The second-order valence-corrected chi connectivity index (χ2v) is 4.99. The van der Waals surface area contributed by atoms with E-state index in [9.17, 15) is 14.6 Å². The van der Waals surface area contributed by atoms with Gasteiger partial charge < -0.3 is 20.1 Å². The molecular formula is C12H12BN5O5. The lowest BCUT2D eigenvalue weighted by Crippen LogP contribution is -2.53. The lowest BCUT2D eigenvalue weighted by molar-refractivity contribution is -0.122. The molecule has 1 aliphatic heterocycles. The maximum atomic E-state index is 11.9. The molecule has 3 rings (SSSR count). The number of nitrogens with one attached hydrogen (secondary N) is 1. The summed E-state index contributed by atoms with van der Waals surface area (Å²) >= 11 is 0. The fourth-order valence-electron chi connectivity index (χ4n) is 2.37. The van der Waals surface area contributed by atoms with E-state index in [1.54, 1.807) is 12.1 Å². The number of benzene rings is 1. The van der Waals surface area contributed by atoms with Crippen molar-refractivity contribution in [3.05, 3.63) is 35.7 Å². The standard InChI is InChI=1S/C12H12BN5O5/c19-10(5-18-6-14-16-17-18)15-9-4-7-2-1-3-8(12(20)21)11(7)23-13(9)22/h1-3,6,9,22H,4-5H2,(H,15,19)(H,20,21)/t9-/m0/s1. The number of hydrogen-bond acceptors (Lipinski definition) is 7. The third-order valence-electron chi connectivity index (χ3n) is 3.39. The Bertz CT molecular complexity index is 737.